The third-order valence-electron chi connectivity index (χ3n) is 4.21. The topological polar surface area (TPSA) is 41.1 Å². The summed E-state index contributed by atoms with van der Waals surface area (Å²) in [5.41, 5.74) is 5.04. The molecule has 3 heteroatoms. The lowest BCUT2D eigenvalue weighted by Crippen LogP contribution is -2.49. The Balaban J connectivity index is 1.96. The number of benzene rings is 1. The Morgan fingerprint density at radius 2 is 1.89 bits per heavy atom. The summed E-state index contributed by atoms with van der Waals surface area (Å²) in [4.78, 5) is 12.1. The third-order valence-corrected chi connectivity index (χ3v) is 4.21. The van der Waals surface area contributed by atoms with Gasteiger partial charge >= 0.3 is 0 Å². The Kier molecular flexibility index (Phi) is 4.25. The minimum Gasteiger partial charge on any atom is -0.352 e. The van der Waals surface area contributed by atoms with Gasteiger partial charge in [0, 0.05) is 12.5 Å². The van der Waals surface area contributed by atoms with Crippen molar-refractivity contribution < 1.29 is 4.79 Å². The first-order valence-corrected chi connectivity index (χ1v) is 7.04. The van der Waals surface area contributed by atoms with Gasteiger partial charge in [-0.05, 0) is 56.5 Å². The Morgan fingerprint density at radius 3 is 2.37 bits per heavy atom. The van der Waals surface area contributed by atoms with Crippen LogP contribution in [-0.4, -0.2) is 19.0 Å². The molecule has 1 aliphatic heterocycles. The molecule has 1 unspecified atom stereocenters. The molecule has 1 aromatic carbocycles. The lowest BCUT2D eigenvalue weighted by molar-refractivity contribution is -0.126. The van der Waals surface area contributed by atoms with Crippen molar-refractivity contribution in [2.75, 3.05) is 13.1 Å². The average Bonchev–Trinajstić information content (AvgIpc) is 2.24. The van der Waals surface area contributed by atoms with Crippen LogP contribution in [-0.2, 0) is 11.3 Å². The van der Waals surface area contributed by atoms with Gasteiger partial charge in [0.05, 0.1) is 0 Å². The zero-order valence-corrected chi connectivity index (χ0v) is 12.3. The van der Waals surface area contributed by atoms with E-state index in [-0.39, 0.29) is 11.8 Å². The molecule has 1 aliphatic rings. The average molecular weight is 260 g/mol. The van der Waals surface area contributed by atoms with Crippen LogP contribution in [0.15, 0.2) is 12.1 Å². The van der Waals surface area contributed by atoms with E-state index in [1.807, 2.05) is 6.92 Å². The third kappa shape index (κ3) is 3.16. The largest absolute Gasteiger partial charge is 0.352 e. The van der Waals surface area contributed by atoms with Crippen LogP contribution in [0.5, 0.6) is 0 Å². The summed E-state index contributed by atoms with van der Waals surface area (Å²) in [6.07, 6.45) is 0. The summed E-state index contributed by atoms with van der Waals surface area (Å²) in [5.74, 6) is 0.776. The Bertz CT molecular complexity index is 455. The van der Waals surface area contributed by atoms with Gasteiger partial charge in [-0.25, -0.2) is 0 Å². The molecule has 3 nitrogen and oxygen atoms in total. The minimum absolute atomic E-state index is 0.104. The van der Waals surface area contributed by atoms with E-state index in [1.54, 1.807) is 0 Å². The van der Waals surface area contributed by atoms with E-state index >= 15 is 0 Å². The Hall–Kier alpha value is -1.35. The minimum atomic E-state index is 0.104. The van der Waals surface area contributed by atoms with Crippen LogP contribution in [0.1, 0.15) is 29.2 Å². The Morgan fingerprint density at radius 1 is 1.32 bits per heavy atom. The number of amides is 1. The van der Waals surface area contributed by atoms with Crippen LogP contribution in [0.25, 0.3) is 0 Å². The molecular weight excluding hydrogens is 236 g/mol. The van der Waals surface area contributed by atoms with Crippen molar-refractivity contribution in [3.63, 3.8) is 0 Å². The molecular formula is C16H24N2O. The zero-order valence-electron chi connectivity index (χ0n) is 12.3. The summed E-state index contributed by atoms with van der Waals surface area (Å²) < 4.78 is 0. The SMILES string of the molecule is Cc1cc(C)c(CNC(=O)C(C)C2CNC2)c(C)c1. The number of hydrogen-bond acceptors (Lipinski definition) is 2. The summed E-state index contributed by atoms with van der Waals surface area (Å²) in [6, 6.07) is 4.35. The van der Waals surface area contributed by atoms with Gasteiger partial charge in [0.2, 0.25) is 5.91 Å². The van der Waals surface area contributed by atoms with Crippen LogP contribution >= 0.6 is 0 Å². The number of aryl methyl sites for hydroxylation is 3. The van der Waals surface area contributed by atoms with Crippen molar-refractivity contribution in [3.8, 4) is 0 Å². The van der Waals surface area contributed by atoms with Gasteiger partial charge in [0.25, 0.3) is 0 Å². The normalized spacial score (nSPS) is 16.8. The predicted octanol–water partition coefficient (Wildman–Crippen LogP) is 2.08. The second kappa shape index (κ2) is 5.74. The number of carbonyl (C=O) groups excluding carboxylic acids is 1. The quantitative estimate of drug-likeness (QED) is 0.870. The molecule has 0 spiro atoms. The highest BCUT2D eigenvalue weighted by Crippen LogP contribution is 2.18. The molecule has 0 radical (unpaired) electrons. The molecule has 1 amide bonds. The van der Waals surface area contributed by atoms with E-state index in [0.717, 1.165) is 13.1 Å². The van der Waals surface area contributed by atoms with Crippen molar-refractivity contribution in [1.29, 1.82) is 0 Å². The molecule has 1 heterocycles. The maximum Gasteiger partial charge on any atom is 0.223 e. The molecule has 0 saturated carbocycles. The molecule has 1 atom stereocenters. The van der Waals surface area contributed by atoms with Gasteiger partial charge in [-0.15, -0.1) is 0 Å². The first-order chi connectivity index (χ1) is 8.99. The summed E-state index contributed by atoms with van der Waals surface area (Å²) in [6.45, 7) is 10.9. The molecule has 1 aromatic rings. The first-order valence-electron chi connectivity index (χ1n) is 7.04. The fraction of sp³-hybridized carbons (Fsp3) is 0.562. The smallest absolute Gasteiger partial charge is 0.223 e. The van der Waals surface area contributed by atoms with E-state index in [4.69, 9.17) is 0 Å². The molecule has 19 heavy (non-hydrogen) atoms. The fourth-order valence-electron chi connectivity index (χ4n) is 2.70. The lowest BCUT2D eigenvalue weighted by atomic mass is 9.88. The number of hydrogen-bond donors (Lipinski definition) is 2. The fourth-order valence-corrected chi connectivity index (χ4v) is 2.70. The van der Waals surface area contributed by atoms with E-state index < -0.39 is 0 Å². The van der Waals surface area contributed by atoms with Crippen LogP contribution < -0.4 is 10.6 Å². The summed E-state index contributed by atoms with van der Waals surface area (Å²) >= 11 is 0. The summed E-state index contributed by atoms with van der Waals surface area (Å²) in [5, 5.41) is 6.30. The van der Waals surface area contributed by atoms with E-state index in [2.05, 4.69) is 43.5 Å². The van der Waals surface area contributed by atoms with Crippen molar-refractivity contribution in [2.45, 2.75) is 34.2 Å². The summed E-state index contributed by atoms with van der Waals surface area (Å²) in [7, 11) is 0. The van der Waals surface area contributed by atoms with E-state index in [1.165, 1.54) is 22.3 Å². The van der Waals surface area contributed by atoms with Gasteiger partial charge in [0.1, 0.15) is 0 Å². The molecule has 0 aliphatic carbocycles. The lowest BCUT2D eigenvalue weighted by Gasteiger charge is -2.31. The molecule has 104 valence electrons. The number of rotatable bonds is 4. The van der Waals surface area contributed by atoms with E-state index in [9.17, 15) is 4.79 Å². The molecule has 2 N–H and O–H groups in total. The van der Waals surface area contributed by atoms with Crippen molar-refractivity contribution in [3.05, 3.63) is 34.4 Å². The number of nitrogens with one attached hydrogen (secondary N) is 2. The van der Waals surface area contributed by atoms with Gasteiger partial charge < -0.3 is 10.6 Å². The van der Waals surface area contributed by atoms with Gasteiger partial charge in [0.15, 0.2) is 0 Å². The number of carbonyl (C=O) groups is 1. The van der Waals surface area contributed by atoms with Crippen LogP contribution in [0, 0.1) is 32.6 Å². The highest BCUT2D eigenvalue weighted by atomic mass is 16.1. The molecule has 0 bridgehead atoms. The highest BCUT2D eigenvalue weighted by molar-refractivity contribution is 5.78. The van der Waals surface area contributed by atoms with Crippen molar-refractivity contribution >= 4 is 5.91 Å². The standard InChI is InChI=1S/C16H24N2O/c1-10-5-11(2)15(12(3)6-10)9-18-16(19)13(4)14-7-17-8-14/h5-6,13-14,17H,7-9H2,1-4H3,(H,18,19). The zero-order chi connectivity index (χ0) is 14.0. The van der Waals surface area contributed by atoms with Crippen molar-refractivity contribution in [2.24, 2.45) is 11.8 Å². The molecule has 1 saturated heterocycles. The predicted molar refractivity (Wildman–Crippen MR) is 78.0 cm³/mol. The van der Waals surface area contributed by atoms with Gasteiger partial charge in [-0.1, -0.05) is 24.6 Å². The maximum atomic E-state index is 12.1. The van der Waals surface area contributed by atoms with E-state index in [0.29, 0.717) is 12.5 Å². The molecule has 1 fully saturated rings. The van der Waals surface area contributed by atoms with Crippen LogP contribution in [0.4, 0.5) is 0 Å². The highest BCUT2D eigenvalue weighted by Gasteiger charge is 2.28. The Labute approximate surface area is 115 Å². The van der Waals surface area contributed by atoms with Crippen molar-refractivity contribution in [1.82, 2.24) is 10.6 Å². The van der Waals surface area contributed by atoms with Gasteiger partial charge in [-0.2, -0.15) is 0 Å². The molecule has 2 rings (SSSR count). The maximum absolute atomic E-state index is 12.1. The van der Waals surface area contributed by atoms with Crippen LogP contribution in [0.3, 0.4) is 0 Å². The first kappa shape index (κ1) is 14.1. The second-order valence-electron chi connectivity index (χ2n) is 5.80. The monoisotopic (exact) mass is 260 g/mol. The molecule has 0 aromatic heterocycles. The van der Waals surface area contributed by atoms with Gasteiger partial charge in [-0.3, -0.25) is 4.79 Å². The second-order valence-corrected chi connectivity index (χ2v) is 5.80. The van der Waals surface area contributed by atoms with Crippen LogP contribution in [0.2, 0.25) is 0 Å².